The van der Waals surface area contributed by atoms with Crippen LogP contribution in [0.2, 0.25) is 0 Å². The Morgan fingerprint density at radius 1 is 1.20 bits per heavy atom. The fourth-order valence-electron chi connectivity index (χ4n) is 3.62. The minimum atomic E-state index is -2.94. The molecule has 134 valence electrons. The van der Waals surface area contributed by atoms with Crippen molar-refractivity contribution in [1.29, 1.82) is 0 Å². The second-order valence-electron chi connectivity index (χ2n) is 6.90. The number of hydrogen-bond donors (Lipinski definition) is 2. The summed E-state index contributed by atoms with van der Waals surface area (Å²) in [7, 11) is -2.94. The highest BCUT2D eigenvalue weighted by Gasteiger charge is 2.42. The van der Waals surface area contributed by atoms with E-state index in [2.05, 4.69) is 15.6 Å². The van der Waals surface area contributed by atoms with E-state index in [9.17, 15) is 13.2 Å². The van der Waals surface area contributed by atoms with Crippen LogP contribution in [0.5, 0.6) is 0 Å². The first-order valence-corrected chi connectivity index (χ1v) is 11.3. The number of fused-ring (bicyclic) bond motifs is 1. The zero-order valence-corrected chi connectivity index (χ0v) is 15.4. The molecule has 1 saturated carbocycles. The molecule has 0 bridgehead atoms. The van der Waals surface area contributed by atoms with Crippen LogP contribution in [-0.2, 0) is 9.84 Å². The molecule has 1 amide bonds. The van der Waals surface area contributed by atoms with Gasteiger partial charge in [-0.3, -0.25) is 9.79 Å². The summed E-state index contributed by atoms with van der Waals surface area (Å²) in [6.45, 7) is 0. The zero-order valence-electron chi connectivity index (χ0n) is 13.8. The van der Waals surface area contributed by atoms with Crippen LogP contribution >= 0.6 is 11.8 Å². The van der Waals surface area contributed by atoms with Gasteiger partial charge in [-0.05, 0) is 31.0 Å². The molecule has 0 radical (unpaired) electrons. The van der Waals surface area contributed by atoms with Crippen LogP contribution in [0.4, 0.5) is 5.69 Å². The number of nitrogens with one attached hydrogen (secondary N) is 2. The summed E-state index contributed by atoms with van der Waals surface area (Å²) in [6, 6.07) is 7.50. The van der Waals surface area contributed by atoms with Crippen molar-refractivity contribution < 1.29 is 13.2 Å². The highest BCUT2D eigenvalue weighted by atomic mass is 32.2. The summed E-state index contributed by atoms with van der Waals surface area (Å²) in [5, 5.41) is 7.06. The molecule has 0 unspecified atom stereocenters. The third kappa shape index (κ3) is 3.84. The summed E-state index contributed by atoms with van der Waals surface area (Å²) in [4.78, 5) is 16.9. The number of amides is 1. The van der Waals surface area contributed by atoms with Crippen LogP contribution in [0.1, 0.15) is 36.0 Å². The molecule has 1 saturated heterocycles. The van der Waals surface area contributed by atoms with Crippen LogP contribution in [0.3, 0.4) is 0 Å². The molecule has 1 aromatic carbocycles. The van der Waals surface area contributed by atoms with Gasteiger partial charge < -0.3 is 10.6 Å². The maximum Gasteiger partial charge on any atom is 0.251 e. The Morgan fingerprint density at radius 2 is 2.00 bits per heavy atom. The highest BCUT2D eigenvalue weighted by Crippen LogP contribution is 2.34. The molecule has 0 aromatic heterocycles. The van der Waals surface area contributed by atoms with Gasteiger partial charge in [-0.2, -0.15) is 0 Å². The van der Waals surface area contributed by atoms with Crippen LogP contribution in [0.15, 0.2) is 29.3 Å². The van der Waals surface area contributed by atoms with E-state index < -0.39 is 9.84 Å². The monoisotopic (exact) mass is 379 g/mol. The van der Waals surface area contributed by atoms with Crippen molar-refractivity contribution >= 4 is 38.4 Å². The number of benzene rings is 1. The Labute approximate surface area is 151 Å². The van der Waals surface area contributed by atoms with E-state index in [1.165, 1.54) is 24.6 Å². The lowest BCUT2D eigenvalue weighted by Gasteiger charge is -2.13. The molecular formula is C17H21N3O3S2. The molecular weight excluding hydrogens is 358 g/mol. The van der Waals surface area contributed by atoms with Crippen molar-refractivity contribution in [3.05, 3.63) is 29.8 Å². The molecule has 3 aliphatic rings. The highest BCUT2D eigenvalue weighted by molar-refractivity contribution is 8.15. The topological polar surface area (TPSA) is 87.6 Å². The molecule has 6 nitrogen and oxygen atoms in total. The molecule has 4 rings (SSSR count). The molecule has 2 heterocycles. The third-order valence-corrected chi connectivity index (χ3v) is 8.03. The van der Waals surface area contributed by atoms with Gasteiger partial charge >= 0.3 is 0 Å². The average Bonchev–Trinajstić information content (AvgIpc) is 3.23. The second-order valence-corrected chi connectivity index (χ2v) is 10.3. The summed E-state index contributed by atoms with van der Waals surface area (Å²) in [5.41, 5.74) is 1.43. The van der Waals surface area contributed by atoms with Crippen LogP contribution in [0, 0.1) is 0 Å². The lowest BCUT2D eigenvalue weighted by atomic mass is 10.1. The van der Waals surface area contributed by atoms with Crippen molar-refractivity contribution in [3.8, 4) is 0 Å². The van der Waals surface area contributed by atoms with Crippen molar-refractivity contribution in [2.75, 3.05) is 16.8 Å². The summed E-state index contributed by atoms with van der Waals surface area (Å²) < 4.78 is 23.2. The Bertz CT molecular complexity index is 816. The van der Waals surface area contributed by atoms with E-state index in [1.54, 1.807) is 6.07 Å². The number of anilines is 1. The molecule has 8 heteroatoms. The minimum absolute atomic E-state index is 0.0151. The average molecular weight is 380 g/mol. The van der Waals surface area contributed by atoms with Gasteiger partial charge in [-0.1, -0.05) is 30.7 Å². The van der Waals surface area contributed by atoms with Gasteiger partial charge in [-0.15, -0.1) is 0 Å². The van der Waals surface area contributed by atoms with Crippen molar-refractivity contribution in [2.24, 2.45) is 4.99 Å². The quantitative estimate of drug-likeness (QED) is 0.839. The van der Waals surface area contributed by atoms with Gasteiger partial charge in [-0.25, -0.2) is 8.42 Å². The largest absolute Gasteiger partial charge is 0.349 e. The van der Waals surface area contributed by atoms with E-state index in [0.29, 0.717) is 11.6 Å². The van der Waals surface area contributed by atoms with Gasteiger partial charge in [0.15, 0.2) is 15.0 Å². The van der Waals surface area contributed by atoms with E-state index in [4.69, 9.17) is 0 Å². The number of hydrogen-bond acceptors (Lipinski definition) is 6. The second kappa shape index (κ2) is 6.64. The Balaban J connectivity index is 1.41. The van der Waals surface area contributed by atoms with E-state index in [1.807, 2.05) is 18.2 Å². The number of amidine groups is 1. The summed E-state index contributed by atoms with van der Waals surface area (Å²) in [5.74, 6) is 0.292. The van der Waals surface area contributed by atoms with E-state index in [-0.39, 0.29) is 28.7 Å². The number of aliphatic imine (C=N–C) groups is 1. The minimum Gasteiger partial charge on any atom is -0.349 e. The number of thioether (sulfide) groups is 1. The van der Waals surface area contributed by atoms with Crippen molar-refractivity contribution in [1.82, 2.24) is 5.32 Å². The molecule has 25 heavy (non-hydrogen) atoms. The maximum atomic E-state index is 12.4. The van der Waals surface area contributed by atoms with Crippen LogP contribution in [-0.4, -0.2) is 48.3 Å². The number of carbonyl (C=O) groups excluding carboxylic acids is 1. The Hall–Kier alpha value is -1.54. The smallest absolute Gasteiger partial charge is 0.251 e. The van der Waals surface area contributed by atoms with Crippen LogP contribution < -0.4 is 10.6 Å². The van der Waals surface area contributed by atoms with Gasteiger partial charge in [0.2, 0.25) is 0 Å². The maximum absolute atomic E-state index is 12.4. The normalized spacial score (nSPS) is 27.8. The van der Waals surface area contributed by atoms with Gasteiger partial charge in [0.25, 0.3) is 5.91 Å². The Morgan fingerprint density at radius 3 is 2.76 bits per heavy atom. The first-order chi connectivity index (χ1) is 12.0. The first-order valence-electron chi connectivity index (χ1n) is 8.61. The van der Waals surface area contributed by atoms with Crippen LogP contribution in [0.25, 0.3) is 0 Å². The lowest BCUT2D eigenvalue weighted by Crippen LogP contribution is -2.32. The van der Waals surface area contributed by atoms with E-state index >= 15 is 0 Å². The Kier molecular flexibility index (Phi) is 4.49. The zero-order chi connectivity index (χ0) is 17.4. The standard InChI is InChI=1S/C17H21N3O3S2/c21-16(18-12-5-1-2-6-12)11-4-3-7-13(8-11)19-17-20-14-9-25(22,23)10-15(14)24-17/h3-4,7-8,12,14-15H,1-2,5-6,9-10H2,(H,18,21)(H,19,20)/t14-,15+/m1/s1. The third-order valence-electron chi connectivity index (χ3n) is 4.88. The first kappa shape index (κ1) is 16.9. The molecule has 2 atom stereocenters. The molecule has 2 N–H and O–H groups in total. The molecule has 1 aromatic rings. The van der Waals surface area contributed by atoms with Gasteiger partial charge in [0.1, 0.15) is 0 Å². The fourth-order valence-corrected chi connectivity index (χ4v) is 7.29. The van der Waals surface area contributed by atoms with Gasteiger partial charge in [0.05, 0.1) is 17.5 Å². The fraction of sp³-hybridized carbons (Fsp3) is 0.529. The summed E-state index contributed by atoms with van der Waals surface area (Å²) in [6.07, 6.45) is 4.48. The SMILES string of the molecule is O=C(NC1CCCC1)c1cccc(NC2=N[C@@H]3CS(=O)(=O)C[C@@H]3S2)c1. The van der Waals surface area contributed by atoms with Crippen molar-refractivity contribution in [3.63, 3.8) is 0 Å². The summed E-state index contributed by atoms with van der Waals surface area (Å²) >= 11 is 1.48. The lowest BCUT2D eigenvalue weighted by molar-refractivity contribution is 0.0938. The number of nitrogens with zero attached hydrogens (tertiary/aromatic N) is 1. The molecule has 2 aliphatic heterocycles. The van der Waals surface area contributed by atoms with E-state index in [0.717, 1.165) is 23.7 Å². The number of rotatable bonds is 3. The number of carbonyl (C=O) groups is 1. The predicted molar refractivity (Wildman–Crippen MR) is 101 cm³/mol. The van der Waals surface area contributed by atoms with Crippen molar-refractivity contribution in [2.45, 2.75) is 43.0 Å². The molecule has 0 spiro atoms. The van der Waals surface area contributed by atoms with Gasteiger partial charge in [0, 0.05) is 22.5 Å². The molecule has 1 aliphatic carbocycles. The number of sulfone groups is 1. The molecule has 2 fully saturated rings. The predicted octanol–water partition coefficient (Wildman–Crippen LogP) is 2.04.